The highest BCUT2D eigenvalue weighted by Gasteiger charge is 2.28. The molecule has 0 saturated heterocycles. The molecule has 1 unspecified atom stereocenters. The summed E-state index contributed by atoms with van der Waals surface area (Å²) in [7, 11) is 4.13. The molecule has 1 amide bonds. The zero-order chi connectivity index (χ0) is 18.1. The summed E-state index contributed by atoms with van der Waals surface area (Å²) in [5.41, 5.74) is 2.04. The van der Waals surface area contributed by atoms with E-state index in [4.69, 9.17) is 9.47 Å². The van der Waals surface area contributed by atoms with Crippen molar-refractivity contribution in [2.75, 3.05) is 34.0 Å². The Hall–Kier alpha value is -2.54. The number of rotatable bonds is 5. The number of benzene rings is 1. The summed E-state index contributed by atoms with van der Waals surface area (Å²) in [6, 6.07) is 7.93. The zero-order valence-electron chi connectivity index (χ0n) is 15.2. The lowest BCUT2D eigenvalue weighted by molar-refractivity contribution is -0.132. The van der Waals surface area contributed by atoms with Crippen LogP contribution in [0.2, 0.25) is 0 Å². The molecule has 1 atom stereocenters. The van der Waals surface area contributed by atoms with Crippen molar-refractivity contribution in [3.8, 4) is 11.5 Å². The topological polar surface area (TPSA) is 59.8 Å². The van der Waals surface area contributed by atoms with E-state index in [1.54, 1.807) is 0 Å². The molecule has 7 nitrogen and oxygen atoms in total. The molecule has 1 aromatic heterocycles. The van der Waals surface area contributed by atoms with Crippen molar-refractivity contribution in [1.82, 2.24) is 19.6 Å². The van der Waals surface area contributed by atoms with Gasteiger partial charge in [0.1, 0.15) is 0 Å². The van der Waals surface area contributed by atoms with E-state index in [2.05, 4.69) is 28.8 Å². The summed E-state index contributed by atoms with van der Waals surface area (Å²) in [5.74, 6) is 1.59. The minimum atomic E-state index is 0.131. The third-order valence-corrected chi connectivity index (χ3v) is 4.94. The minimum Gasteiger partial charge on any atom is -0.454 e. The molecular formula is C19H24N4O3. The Bertz CT molecular complexity index is 802. The number of ether oxygens (including phenoxy) is 2. The van der Waals surface area contributed by atoms with Crippen LogP contribution in [-0.2, 0) is 17.8 Å². The van der Waals surface area contributed by atoms with E-state index in [0.717, 1.165) is 35.7 Å². The molecule has 26 heavy (non-hydrogen) atoms. The largest absolute Gasteiger partial charge is 0.454 e. The lowest BCUT2D eigenvalue weighted by atomic mass is 10.1. The van der Waals surface area contributed by atoms with Gasteiger partial charge in [-0.2, -0.15) is 5.10 Å². The van der Waals surface area contributed by atoms with Gasteiger partial charge in [0, 0.05) is 12.7 Å². The average molecular weight is 356 g/mol. The summed E-state index contributed by atoms with van der Waals surface area (Å²) < 4.78 is 12.8. The van der Waals surface area contributed by atoms with Crippen molar-refractivity contribution in [2.24, 2.45) is 0 Å². The van der Waals surface area contributed by atoms with Crippen LogP contribution in [0.15, 0.2) is 30.5 Å². The van der Waals surface area contributed by atoms with Crippen LogP contribution in [0.5, 0.6) is 11.5 Å². The van der Waals surface area contributed by atoms with Crippen molar-refractivity contribution < 1.29 is 14.3 Å². The molecule has 0 saturated carbocycles. The second-order valence-electron chi connectivity index (χ2n) is 7.15. The number of hydrogen-bond acceptors (Lipinski definition) is 5. The van der Waals surface area contributed by atoms with E-state index in [1.165, 1.54) is 0 Å². The Morgan fingerprint density at radius 3 is 2.96 bits per heavy atom. The van der Waals surface area contributed by atoms with E-state index in [0.29, 0.717) is 19.5 Å². The number of fused-ring (bicyclic) bond motifs is 2. The lowest BCUT2D eigenvalue weighted by Crippen LogP contribution is -2.42. The van der Waals surface area contributed by atoms with E-state index in [1.807, 2.05) is 35.4 Å². The molecule has 2 aromatic rings. The maximum atomic E-state index is 12.9. The quantitative estimate of drug-likeness (QED) is 0.816. The van der Waals surface area contributed by atoms with Gasteiger partial charge in [0.2, 0.25) is 12.7 Å². The molecule has 7 heteroatoms. The van der Waals surface area contributed by atoms with Crippen molar-refractivity contribution >= 4 is 5.91 Å². The first-order valence-corrected chi connectivity index (χ1v) is 8.93. The smallest absolute Gasteiger partial charge is 0.231 e. The third-order valence-electron chi connectivity index (χ3n) is 4.94. The lowest BCUT2D eigenvalue weighted by Gasteiger charge is -2.34. The maximum Gasteiger partial charge on any atom is 0.231 e. The summed E-state index contributed by atoms with van der Waals surface area (Å²) in [4.78, 5) is 17.0. The Morgan fingerprint density at radius 2 is 2.12 bits per heavy atom. The van der Waals surface area contributed by atoms with Gasteiger partial charge >= 0.3 is 0 Å². The first-order chi connectivity index (χ1) is 12.6. The third kappa shape index (κ3) is 3.39. The van der Waals surface area contributed by atoms with Gasteiger partial charge in [-0.15, -0.1) is 0 Å². The van der Waals surface area contributed by atoms with Crippen LogP contribution < -0.4 is 9.47 Å². The number of amides is 1. The van der Waals surface area contributed by atoms with Gasteiger partial charge in [0.05, 0.1) is 24.7 Å². The van der Waals surface area contributed by atoms with Gasteiger partial charge in [-0.05, 0) is 50.8 Å². The number of carbonyl (C=O) groups excluding carboxylic acids is 1. The summed E-state index contributed by atoms with van der Waals surface area (Å²) in [6.07, 6.45) is 3.16. The van der Waals surface area contributed by atoms with Crippen LogP contribution in [0.25, 0.3) is 0 Å². The molecule has 1 aromatic carbocycles. The second kappa shape index (κ2) is 6.99. The standard InChI is InChI=1S/C19H24N4O3/c1-21(2)8-6-16-12-22(11-15-5-7-20-23(15)16)19(24)10-14-3-4-17-18(9-14)26-13-25-17/h3-5,7,9,16H,6,8,10-13H2,1-2H3. The molecule has 0 N–H and O–H groups in total. The normalized spacial score (nSPS) is 18.3. The molecular weight excluding hydrogens is 332 g/mol. The van der Waals surface area contributed by atoms with Gasteiger partial charge in [0.15, 0.2) is 11.5 Å². The second-order valence-corrected chi connectivity index (χ2v) is 7.15. The number of carbonyl (C=O) groups is 1. The predicted molar refractivity (Wildman–Crippen MR) is 96.1 cm³/mol. The average Bonchev–Trinajstić information content (AvgIpc) is 3.27. The van der Waals surface area contributed by atoms with Gasteiger partial charge < -0.3 is 19.3 Å². The highest BCUT2D eigenvalue weighted by atomic mass is 16.7. The fraction of sp³-hybridized carbons (Fsp3) is 0.474. The van der Waals surface area contributed by atoms with Crippen molar-refractivity contribution in [3.05, 3.63) is 41.7 Å². The first kappa shape index (κ1) is 16.9. The SMILES string of the molecule is CN(C)CCC1CN(C(=O)Cc2ccc3c(c2)OCO3)Cc2ccnn21. The maximum absolute atomic E-state index is 12.9. The summed E-state index contributed by atoms with van der Waals surface area (Å²) in [5, 5.41) is 4.46. The molecule has 2 aliphatic heterocycles. The molecule has 0 bridgehead atoms. The van der Waals surface area contributed by atoms with Gasteiger partial charge in [-0.1, -0.05) is 6.07 Å². The minimum absolute atomic E-state index is 0.131. The van der Waals surface area contributed by atoms with Gasteiger partial charge in [-0.25, -0.2) is 0 Å². The molecule has 3 heterocycles. The van der Waals surface area contributed by atoms with Crippen molar-refractivity contribution in [2.45, 2.75) is 25.4 Å². The van der Waals surface area contributed by atoms with E-state index in [-0.39, 0.29) is 18.7 Å². The Labute approximate surface area is 153 Å². The fourth-order valence-electron chi connectivity index (χ4n) is 3.54. The number of nitrogens with zero attached hydrogens (tertiary/aromatic N) is 4. The summed E-state index contributed by atoms with van der Waals surface area (Å²) in [6.45, 7) is 2.53. The molecule has 138 valence electrons. The monoisotopic (exact) mass is 356 g/mol. The van der Waals surface area contributed by atoms with E-state index >= 15 is 0 Å². The van der Waals surface area contributed by atoms with Crippen LogP contribution >= 0.6 is 0 Å². The molecule has 0 spiro atoms. The van der Waals surface area contributed by atoms with Gasteiger partial charge in [-0.3, -0.25) is 9.48 Å². The van der Waals surface area contributed by atoms with Crippen LogP contribution in [0.1, 0.15) is 23.7 Å². The highest BCUT2D eigenvalue weighted by Crippen LogP contribution is 2.33. The molecule has 0 radical (unpaired) electrons. The van der Waals surface area contributed by atoms with E-state index in [9.17, 15) is 4.79 Å². The van der Waals surface area contributed by atoms with Crippen LogP contribution in [0.4, 0.5) is 0 Å². The van der Waals surface area contributed by atoms with Crippen LogP contribution in [-0.4, -0.2) is 59.5 Å². The van der Waals surface area contributed by atoms with Crippen molar-refractivity contribution in [1.29, 1.82) is 0 Å². The highest BCUT2D eigenvalue weighted by molar-refractivity contribution is 5.79. The molecule has 4 rings (SSSR count). The van der Waals surface area contributed by atoms with Crippen LogP contribution in [0.3, 0.4) is 0 Å². The predicted octanol–water partition coefficient (Wildman–Crippen LogP) is 1.69. The van der Waals surface area contributed by atoms with Crippen molar-refractivity contribution in [3.63, 3.8) is 0 Å². The number of aromatic nitrogens is 2. The van der Waals surface area contributed by atoms with Gasteiger partial charge in [0.25, 0.3) is 0 Å². The molecule has 0 aliphatic carbocycles. The fourth-order valence-corrected chi connectivity index (χ4v) is 3.54. The molecule has 0 fully saturated rings. The number of hydrogen-bond donors (Lipinski definition) is 0. The Kier molecular flexibility index (Phi) is 4.55. The zero-order valence-corrected chi connectivity index (χ0v) is 15.2. The Morgan fingerprint density at radius 1 is 1.27 bits per heavy atom. The van der Waals surface area contributed by atoms with Crippen LogP contribution in [0, 0.1) is 0 Å². The first-order valence-electron chi connectivity index (χ1n) is 8.93. The molecule has 2 aliphatic rings. The van der Waals surface area contributed by atoms with E-state index < -0.39 is 0 Å². The summed E-state index contributed by atoms with van der Waals surface area (Å²) >= 11 is 0. The Balaban J connectivity index is 1.46.